The van der Waals surface area contributed by atoms with Crippen LogP contribution in [0.5, 0.6) is 0 Å². The van der Waals surface area contributed by atoms with Gasteiger partial charge in [0.1, 0.15) is 0 Å². The molecule has 3 heteroatoms. The highest BCUT2D eigenvalue weighted by Crippen LogP contribution is 2.37. The highest BCUT2D eigenvalue weighted by Gasteiger charge is 2.34. The standard InChI is InChI=1S/C15H23BrN2/c1-3-8-18-9-7-13(11-17-2)15(18)12-5-4-6-14(16)10-12/h4-6,10,13,15,17H,3,7-9,11H2,1-2H3. The number of rotatable bonds is 5. The summed E-state index contributed by atoms with van der Waals surface area (Å²) in [6, 6.07) is 9.39. The SMILES string of the molecule is CCCN1CCC(CNC)C1c1cccc(Br)c1. The highest BCUT2D eigenvalue weighted by molar-refractivity contribution is 9.10. The summed E-state index contributed by atoms with van der Waals surface area (Å²) in [7, 11) is 2.06. The van der Waals surface area contributed by atoms with Crippen molar-refractivity contribution in [3.05, 3.63) is 34.3 Å². The summed E-state index contributed by atoms with van der Waals surface area (Å²) in [5.74, 6) is 0.732. The zero-order valence-electron chi connectivity index (χ0n) is 11.3. The van der Waals surface area contributed by atoms with Crippen molar-refractivity contribution < 1.29 is 0 Å². The molecule has 100 valence electrons. The normalized spacial score (nSPS) is 24.6. The average molecular weight is 311 g/mol. The molecule has 2 rings (SSSR count). The van der Waals surface area contributed by atoms with Gasteiger partial charge in [0, 0.05) is 10.5 Å². The molecule has 0 radical (unpaired) electrons. The fourth-order valence-electron chi connectivity index (χ4n) is 3.11. The van der Waals surface area contributed by atoms with Crippen LogP contribution in [0.4, 0.5) is 0 Å². The molecule has 1 N–H and O–H groups in total. The van der Waals surface area contributed by atoms with Crippen LogP contribution in [0.1, 0.15) is 31.4 Å². The van der Waals surface area contributed by atoms with E-state index in [1.807, 2.05) is 0 Å². The minimum Gasteiger partial charge on any atom is -0.319 e. The monoisotopic (exact) mass is 310 g/mol. The molecule has 1 aromatic rings. The van der Waals surface area contributed by atoms with Crippen LogP contribution in [-0.2, 0) is 0 Å². The van der Waals surface area contributed by atoms with Gasteiger partial charge in [0.2, 0.25) is 0 Å². The molecule has 2 nitrogen and oxygen atoms in total. The van der Waals surface area contributed by atoms with Gasteiger partial charge < -0.3 is 5.32 Å². The molecular weight excluding hydrogens is 288 g/mol. The lowest BCUT2D eigenvalue weighted by molar-refractivity contribution is 0.227. The first kappa shape index (κ1) is 14.0. The molecule has 0 aromatic heterocycles. The van der Waals surface area contributed by atoms with Crippen LogP contribution in [-0.4, -0.2) is 31.6 Å². The van der Waals surface area contributed by atoms with E-state index in [1.54, 1.807) is 0 Å². The molecule has 0 spiro atoms. The average Bonchev–Trinajstić information content (AvgIpc) is 2.73. The zero-order chi connectivity index (χ0) is 13.0. The largest absolute Gasteiger partial charge is 0.319 e. The zero-order valence-corrected chi connectivity index (χ0v) is 12.9. The van der Waals surface area contributed by atoms with E-state index in [-0.39, 0.29) is 0 Å². The van der Waals surface area contributed by atoms with Crippen LogP contribution in [0.3, 0.4) is 0 Å². The second-order valence-electron chi connectivity index (χ2n) is 5.14. The quantitative estimate of drug-likeness (QED) is 0.896. The Morgan fingerprint density at radius 3 is 2.94 bits per heavy atom. The Morgan fingerprint density at radius 2 is 2.28 bits per heavy atom. The van der Waals surface area contributed by atoms with Gasteiger partial charge in [-0.1, -0.05) is 35.0 Å². The highest BCUT2D eigenvalue weighted by atomic mass is 79.9. The molecule has 2 atom stereocenters. The third kappa shape index (κ3) is 3.14. The molecule has 1 saturated heterocycles. The minimum atomic E-state index is 0.579. The van der Waals surface area contributed by atoms with E-state index in [4.69, 9.17) is 0 Å². The number of benzene rings is 1. The number of nitrogens with one attached hydrogen (secondary N) is 1. The Balaban J connectivity index is 2.22. The van der Waals surface area contributed by atoms with Crippen molar-refractivity contribution in [1.82, 2.24) is 10.2 Å². The summed E-state index contributed by atoms with van der Waals surface area (Å²) in [6.45, 7) is 5.82. The van der Waals surface area contributed by atoms with Crippen LogP contribution in [0.2, 0.25) is 0 Å². The molecule has 1 aliphatic rings. The van der Waals surface area contributed by atoms with Crippen LogP contribution in [0.15, 0.2) is 28.7 Å². The Bertz CT molecular complexity index is 367. The lowest BCUT2D eigenvalue weighted by Crippen LogP contribution is -2.29. The maximum absolute atomic E-state index is 3.59. The Labute approximate surface area is 119 Å². The lowest BCUT2D eigenvalue weighted by Gasteiger charge is -2.28. The molecule has 1 aromatic carbocycles. The van der Waals surface area contributed by atoms with E-state index in [2.05, 4.69) is 64.4 Å². The smallest absolute Gasteiger partial charge is 0.0389 e. The van der Waals surface area contributed by atoms with Gasteiger partial charge in [-0.3, -0.25) is 4.90 Å². The third-order valence-corrected chi connectivity index (χ3v) is 4.29. The summed E-state index contributed by atoms with van der Waals surface area (Å²) in [6.07, 6.45) is 2.54. The minimum absolute atomic E-state index is 0.579. The topological polar surface area (TPSA) is 15.3 Å². The van der Waals surface area contributed by atoms with Crippen molar-refractivity contribution in [2.75, 3.05) is 26.7 Å². The second kappa shape index (κ2) is 6.69. The fourth-order valence-corrected chi connectivity index (χ4v) is 3.53. The first-order valence-corrected chi connectivity index (χ1v) is 7.69. The van der Waals surface area contributed by atoms with Crippen molar-refractivity contribution in [2.24, 2.45) is 5.92 Å². The van der Waals surface area contributed by atoms with E-state index in [1.165, 1.54) is 36.0 Å². The molecule has 0 aliphatic carbocycles. The molecule has 2 unspecified atom stereocenters. The van der Waals surface area contributed by atoms with E-state index < -0.39 is 0 Å². The second-order valence-corrected chi connectivity index (χ2v) is 6.06. The van der Waals surface area contributed by atoms with Gasteiger partial charge >= 0.3 is 0 Å². The van der Waals surface area contributed by atoms with Crippen molar-refractivity contribution >= 4 is 15.9 Å². The van der Waals surface area contributed by atoms with Gasteiger partial charge in [-0.25, -0.2) is 0 Å². The van der Waals surface area contributed by atoms with Crippen LogP contribution in [0.25, 0.3) is 0 Å². The molecule has 0 saturated carbocycles. The Morgan fingerprint density at radius 1 is 1.44 bits per heavy atom. The predicted molar refractivity (Wildman–Crippen MR) is 80.8 cm³/mol. The van der Waals surface area contributed by atoms with Crippen molar-refractivity contribution in [3.63, 3.8) is 0 Å². The first-order valence-electron chi connectivity index (χ1n) is 6.90. The van der Waals surface area contributed by atoms with Gasteiger partial charge in [-0.15, -0.1) is 0 Å². The number of likely N-dealkylation sites (tertiary alicyclic amines) is 1. The van der Waals surface area contributed by atoms with E-state index in [0.717, 1.165) is 12.5 Å². The number of hydrogen-bond acceptors (Lipinski definition) is 2. The molecule has 0 amide bonds. The summed E-state index contributed by atoms with van der Waals surface area (Å²) in [4.78, 5) is 2.64. The fraction of sp³-hybridized carbons (Fsp3) is 0.600. The van der Waals surface area contributed by atoms with Gasteiger partial charge in [0.05, 0.1) is 0 Å². The van der Waals surface area contributed by atoms with Gasteiger partial charge in [-0.2, -0.15) is 0 Å². The van der Waals surface area contributed by atoms with Crippen molar-refractivity contribution in [3.8, 4) is 0 Å². The van der Waals surface area contributed by atoms with Crippen LogP contribution >= 0.6 is 15.9 Å². The number of hydrogen-bond donors (Lipinski definition) is 1. The predicted octanol–water partition coefficient (Wildman–Crippen LogP) is 3.44. The van der Waals surface area contributed by atoms with E-state index in [9.17, 15) is 0 Å². The summed E-state index contributed by atoms with van der Waals surface area (Å²) < 4.78 is 1.19. The van der Waals surface area contributed by atoms with Gasteiger partial charge in [0.25, 0.3) is 0 Å². The Kier molecular flexibility index (Phi) is 5.22. The molecule has 1 aliphatic heterocycles. The molecule has 0 bridgehead atoms. The van der Waals surface area contributed by atoms with Gasteiger partial charge in [0.15, 0.2) is 0 Å². The van der Waals surface area contributed by atoms with E-state index >= 15 is 0 Å². The number of nitrogens with zero attached hydrogens (tertiary/aromatic N) is 1. The lowest BCUT2D eigenvalue weighted by atomic mass is 9.93. The van der Waals surface area contributed by atoms with Gasteiger partial charge in [-0.05, 0) is 63.1 Å². The van der Waals surface area contributed by atoms with Crippen molar-refractivity contribution in [1.29, 1.82) is 0 Å². The van der Waals surface area contributed by atoms with Crippen LogP contribution < -0.4 is 5.32 Å². The maximum Gasteiger partial charge on any atom is 0.0389 e. The van der Waals surface area contributed by atoms with E-state index in [0.29, 0.717) is 6.04 Å². The summed E-state index contributed by atoms with van der Waals surface area (Å²) in [5, 5.41) is 3.35. The Hall–Kier alpha value is -0.380. The third-order valence-electron chi connectivity index (χ3n) is 3.79. The summed E-state index contributed by atoms with van der Waals surface area (Å²) in [5.41, 5.74) is 1.45. The number of halogens is 1. The molecular formula is C15H23BrN2. The summed E-state index contributed by atoms with van der Waals surface area (Å²) >= 11 is 3.59. The molecule has 18 heavy (non-hydrogen) atoms. The van der Waals surface area contributed by atoms with Crippen molar-refractivity contribution in [2.45, 2.75) is 25.8 Å². The molecule has 1 fully saturated rings. The van der Waals surface area contributed by atoms with Crippen LogP contribution in [0, 0.1) is 5.92 Å². The first-order chi connectivity index (χ1) is 8.76. The maximum atomic E-state index is 3.59. The molecule has 1 heterocycles.